The normalized spacial score (nSPS) is 11.3. The Kier molecular flexibility index (Phi) is 6.62. The minimum Gasteiger partial charge on any atom is -0.461 e. The van der Waals surface area contributed by atoms with E-state index in [1.165, 1.54) is 4.68 Å². The van der Waals surface area contributed by atoms with Crippen LogP contribution in [0.15, 0.2) is 58.8 Å². The van der Waals surface area contributed by atoms with Gasteiger partial charge in [0.15, 0.2) is 0 Å². The number of hydrogen-bond acceptors (Lipinski definition) is 8. The van der Waals surface area contributed by atoms with Crippen LogP contribution in [0.5, 0.6) is 0 Å². The first-order chi connectivity index (χ1) is 13.6. The quantitative estimate of drug-likeness (QED) is 0.223. The second-order valence-corrected chi connectivity index (χ2v) is 6.90. The van der Waals surface area contributed by atoms with E-state index in [0.29, 0.717) is 15.9 Å². The van der Waals surface area contributed by atoms with Gasteiger partial charge in [0.1, 0.15) is 0 Å². The van der Waals surface area contributed by atoms with Crippen molar-refractivity contribution in [1.82, 2.24) is 20.2 Å². The van der Waals surface area contributed by atoms with Gasteiger partial charge in [-0.05, 0) is 60.3 Å². The number of tetrazole rings is 1. The van der Waals surface area contributed by atoms with E-state index < -0.39 is 5.97 Å². The van der Waals surface area contributed by atoms with Gasteiger partial charge in [0.2, 0.25) is 10.2 Å². The molecule has 0 fully saturated rings. The molecule has 0 bridgehead atoms. The third kappa shape index (κ3) is 4.87. The maximum Gasteiger partial charge on any atom is 0.365 e. The lowest BCUT2D eigenvalue weighted by Gasteiger charge is -2.08. The maximum atomic E-state index is 12.3. The first kappa shape index (κ1) is 19.8. The molecule has 3 rings (SSSR count). The number of hydrogen-bond donors (Lipinski definition) is 1. The van der Waals surface area contributed by atoms with Gasteiger partial charge in [-0.3, -0.25) is 5.43 Å². The molecule has 8 nitrogen and oxygen atoms in total. The van der Waals surface area contributed by atoms with Crippen molar-refractivity contribution in [2.24, 2.45) is 5.10 Å². The molecule has 1 N–H and O–H groups in total. The zero-order chi connectivity index (χ0) is 19.9. The number of benzene rings is 2. The van der Waals surface area contributed by atoms with Crippen LogP contribution in [0.1, 0.15) is 12.5 Å². The zero-order valence-electron chi connectivity index (χ0n) is 15.2. The van der Waals surface area contributed by atoms with Gasteiger partial charge in [-0.1, -0.05) is 41.4 Å². The molecule has 0 saturated carbocycles. The number of aryl methyl sites for hydroxylation is 1. The van der Waals surface area contributed by atoms with Crippen LogP contribution in [0.3, 0.4) is 0 Å². The second-order valence-electron chi connectivity index (χ2n) is 5.54. The number of para-hydroxylation sites is 1. The molecule has 0 aliphatic heterocycles. The summed E-state index contributed by atoms with van der Waals surface area (Å²) in [5.41, 5.74) is 5.23. The van der Waals surface area contributed by atoms with Crippen LogP contribution in [0.25, 0.3) is 5.69 Å². The average Bonchev–Trinajstić information content (AvgIpc) is 3.15. The molecule has 0 amide bonds. The molecule has 28 heavy (non-hydrogen) atoms. The minimum atomic E-state index is -0.592. The molecule has 0 aliphatic rings. The predicted octanol–water partition coefficient (Wildman–Crippen LogP) is 3.70. The van der Waals surface area contributed by atoms with Gasteiger partial charge in [-0.2, -0.15) is 9.78 Å². The van der Waals surface area contributed by atoms with Crippen molar-refractivity contribution in [3.05, 3.63) is 59.1 Å². The first-order valence-electron chi connectivity index (χ1n) is 8.37. The number of ether oxygens (including phenoxy) is 1. The Labute approximate surface area is 170 Å². The fraction of sp³-hybridized carbons (Fsp3) is 0.167. The Bertz CT molecular complexity index is 990. The Morgan fingerprint density at radius 2 is 2.00 bits per heavy atom. The van der Waals surface area contributed by atoms with Crippen LogP contribution in [0.4, 0.5) is 5.69 Å². The lowest BCUT2D eigenvalue weighted by atomic mass is 10.2. The first-order valence-corrected chi connectivity index (χ1v) is 9.56. The molecule has 144 valence electrons. The SMILES string of the molecule is CCOC(=O)C(=NNc1ccccc1Cl)Sc1nnnn1-c1ccc(C)cc1. The molecule has 10 heteroatoms. The number of rotatable bonds is 5. The minimum absolute atomic E-state index is 0.0462. The average molecular weight is 417 g/mol. The number of aromatic nitrogens is 4. The molecule has 1 heterocycles. The third-order valence-corrected chi connectivity index (χ3v) is 4.73. The molecular weight excluding hydrogens is 400 g/mol. The standard InChI is InChI=1S/C18H17ClN6O2S/c1-3-27-17(26)16(21-20-15-7-5-4-6-14(15)19)28-18-22-23-24-25(18)13-10-8-12(2)9-11-13/h4-11,20H,3H2,1-2H3. The molecular formula is C18H17ClN6O2S. The van der Waals surface area contributed by atoms with Gasteiger partial charge in [-0.15, -0.1) is 5.10 Å². The van der Waals surface area contributed by atoms with Crippen molar-refractivity contribution in [1.29, 1.82) is 0 Å². The highest BCUT2D eigenvalue weighted by Crippen LogP contribution is 2.23. The Balaban J connectivity index is 1.87. The number of nitrogens with zero attached hydrogens (tertiary/aromatic N) is 5. The Morgan fingerprint density at radius 3 is 2.71 bits per heavy atom. The highest BCUT2D eigenvalue weighted by atomic mass is 35.5. The summed E-state index contributed by atoms with van der Waals surface area (Å²) in [6.07, 6.45) is 0. The molecule has 3 aromatic rings. The van der Waals surface area contributed by atoms with Crippen molar-refractivity contribution >= 4 is 40.1 Å². The molecule has 2 aromatic carbocycles. The van der Waals surface area contributed by atoms with Gasteiger partial charge in [0.05, 0.1) is 23.0 Å². The van der Waals surface area contributed by atoms with Crippen molar-refractivity contribution in [2.75, 3.05) is 12.0 Å². The van der Waals surface area contributed by atoms with Gasteiger partial charge in [-0.25, -0.2) is 4.79 Å². The maximum absolute atomic E-state index is 12.3. The van der Waals surface area contributed by atoms with Crippen LogP contribution in [0, 0.1) is 6.92 Å². The highest BCUT2D eigenvalue weighted by Gasteiger charge is 2.20. The summed E-state index contributed by atoms with van der Waals surface area (Å²) in [5, 5.41) is 16.7. The van der Waals surface area contributed by atoms with Crippen LogP contribution >= 0.6 is 23.4 Å². The van der Waals surface area contributed by atoms with Crippen LogP contribution < -0.4 is 5.43 Å². The van der Waals surface area contributed by atoms with Crippen molar-refractivity contribution in [3.63, 3.8) is 0 Å². The molecule has 0 unspecified atom stereocenters. The summed E-state index contributed by atoms with van der Waals surface area (Å²) in [7, 11) is 0. The Hall–Kier alpha value is -2.91. The van der Waals surface area contributed by atoms with Crippen molar-refractivity contribution < 1.29 is 9.53 Å². The fourth-order valence-corrected chi connectivity index (χ4v) is 3.03. The number of nitrogens with one attached hydrogen (secondary N) is 1. The second kappa shape index (κ2) is 9.34. The van der Waals surface area contributed by atoms with Crippen LogP contribution in [0.2, 0.25) is 5.02 Å². The van der Waals surface area contributed by atoms with E-state index in [1.807, 2.05) is 31.2 Å². The van der Waals surface area contributed by atoms with E-state index in [-0.39, 0.29) is 11.7 Å². The van der Waals surface area contributed by atoms with E-state index in [4.69, 9.17) is 16.3 Å². The van der Waals surface area contributed by atoms with E-state index in [9.17, 15) is 4.79 Å². The molecule has 0 saturated heterocycles. The summed E-state index contributed by atoms with van der Waals surface area (Å²) in [4.78, 5) is 12.3. The summed E-state index contributed by atoms with van der Waals surface area (Å²) in [6, 6.07) is 14.7. The zero-order valence-corrected chi connectivity index (χ0v) is 16.7. The molecule has 1 aromatic heterocycles. The number of thioether (sulfide) groups is 1. The van der Waals surface area contributed by atoms with Crippen LogP contribution in [-0.2, 0) is 9.53 Å². The number of hydrazone groups is 1. The summed E-state index contributed by atoms with van der Waals surface area (Å²) in [5.74, 6) is -0.592. The van der Waals surface area contributed by atoms with Crippen LogP contribution in [-0.4, -0.2) is 37.8 Å². The number of halogens is 1. The highest BCUT2D eigenvalue weighted by molar-refractivity contribution is 8.15. The van der Waals surface area contributed by atoms with Gasteiger partial charge < -0.3 is 4.74 Å². The lowest BCUT2D eigenvalue weighted by molar-refractivity contribution is -0.134. The van der Waals surface area contributed by atoms with Crippen molar-refractivity contribution in [3.8, 4) is 5.69 Å². The van der Waals surface area contributed by atoms with Gasteiger partial charge >= 0.3 is 5.97 Å². The molecule has 0 spiro atoms. The largest absolute Gasteiger partial charge is 0.461 e. The topological polar surface area (TPSA) is 94.3 Å². The molecule has 0 atom stereocenters. The fourth-order valence-electron chi connectivity index (χ4n) is 2.14. The number of carbonyl (C=O) groups excluding carboxylic acids is 1. The van der Waals surface area contributed by atoms with E-state index in [0.717, 1.165) is 23.0 Å². The molecule has 0 radical (unpaired) electrons. The summed E-state index contributed by atoms with van der Waals surface area (Å²) >= 11 is 7.11. The van der Waals surface area contributed by atoms with Gasteiger partial charge in [0.25, 0.3) is 0 Å². The Morgan fingerprint density at radius 1 is 1.25 bits per heavy atom. The lowest BCUT2D eigenvalue weighted by Crippen LogP contribution is -2.17. The monoisotopic (exact) mass is 416 g/mol. The smallest absolute Gasteiger partial charge is 0.365 e. The predicted molar refractivity (Wildman–Crippen MR) is 109 cm³/mol. The van der Waals surface area contributed by atoms with E-state index >= 15 is 0 Å². The summed E-state index contributed by atoms with van der Waals surface area (Å²) in [6.45, 7) is 3.93. The number of carbonyl (C=O) groups is 1. The molecule has 0 aliphatic carbocycles. The van der Waals surface area contributed by atoms with Crippen molar-refractivity contribution in [2.45, 2.75) is 19.0 Å². The third-order valence-electron chi connectivity index (χ3n) is 3.51. The van der Waals surface area contributed by atoms with Gasteiger partial charge in [0, 0.05) is 0 Å². The van der Waals surface area contributed by atoms with E-state index in [1.54, 1.807) is 31.2 Å². The number of esters is 1. The summed E-state index contributed by atoms with van der Waals surface area (Å²) < 4.78 is 6.61. The van der Waals surface area contributed by atoms with E-state index in [2.05, 4.69) is 26.1 Å². The number of anilines is 1.